The maximum Gasteiger partial charge on any atom is 0.262 e. The molecule has 0 aliphatic heterocycles. The van der Waals surface area contributed by atoms with Gasteiger partial charge in [0, 0.05) is 22.6 Å². The molecule has 0 aliphatic carbocycles. The Morgan fingerprint density at radius 2 is 1.14 bits per heavy atom. The first kappa shape index (κ1) is 13.9. The second-order valence-electron chi connectivity index (χ2n) is 4.93. The molecule has 2 N–H and O–H groups in total. The van der Waals surface area contributed by atoms with Crippen LogP contribution in [-0.2, 0) is 0 Å². The largest absolute Gasteiger partial charge is 0.399 e. The number of para-hydroxylation sites is 2. The molecule has 3 nitrogen and oxygen atoms in total. The fourth-order valence-electron chi connectivity index (χ4n) is 2.29. The maximum absolute atomic E-state index is 12.9. The molecular formula is C19H16N2O. The van der Waals surface area contributed by atoms with Crippen LogP contribution in [0.1, 0.15) is 10.4 Å². The number of rotatable bonds is 3. The molecule has 3 heteroatoms. The van der Waals surface area contributed by atoms with Crippen LogP contribution in [0.2, 0.25) is 0 Å². The number of carbonyl (C=O) groups excluding carboxylic acids is 1. The molecular weight excluding hydrogens is 272 g/mol. The predicted molar refractivity (Wildman–Crippen MR) is 90.2 cm³/mol. The van der Waals surface area contributed by atoms with Crippen molar-refractivity contribution in [2.24, 2.45) is 0 Å². The average molecular weight is 288 g/mol. The summed E-state index contributed by atoms with van der Waals surface area (Å²) < 4.78 is 0. The zero-order valence-electron chi connectivity index (χ0n) is 12.0. The van der Waals surface area contributed by atoms with Crippen LogP contribution in [0.3, 0.4) is 0 Å². The Balaban J connectivity index is 2.06. The SMILES string of the molecule is Nc1ccc(C(=O)N(c2ccccc2)c2ccccc2)cc1. The fourth-order valence-corrected chi connectivity index (χ4v) is 2.29. The molecule has 3 rings (SSSR count). The molecule has 0 heterocycles. The predicted octanol–water partition coefficient (Wildman–Crippen LogP) is 4.25. The van der Waals surface area contributed by atoms with Crippen molar-refractivity contribution in [2.45, 2.75) is 0 Å². The van der Waals surface area contributed by atoms with E-state index in [9.17, 15) is 4.79 Å². The minimum absolute atomic E-state index is 0.0857. The van der Waals surface area contributed by atoms with Crippen LogP contribution in [0, 0.1) is 0 Å². The van der Waals surface area contributed by atoms with E-state index in [1.165, 1.54) is 0 Å². The Morgan fingerprint density at radius 3 is 1.59 bits per heavy atom. The van der Waals surface area contributed by atoms with Crippen LogP contribution in [0.4, 0.5) is 17.1 Å². The van der Waals surface area contributed by atoms with Crippen molar-refractivity contribution in [1.29, 1.82) is 0 Å². The zero-order valence-corrected chi connectivity index (χ0v) is 12.0. The summed E-state index contributed by atoms with van der Waals surface area (Å²) in [4.78, 5) is 14.6. The third-order valence-electron chi connectivity index (χ3n) is 3.39. The molecule has 0 aliphatic rings. The van der Waals surface area contributed by atoms with Crippen molar-refractivity contribution < 1.29 is 4.79 Å². The standard InChI is InChI=1S/C19H16N2O/c20-16-13-11-15(12-14-16)19(22)21(17-7-3-1-4-8-17)18-9-5-2-6-10-18/h1-14H,20H2. The average Bonchev–Trinajstić information content (AvgIpc) is 2.57. The topological polar surface area (TPSA) is 46.3 Å². The van der Waals surface area contributed by atoms with Gasteiger partial charge in [-0.1, -0.05) is 36.4 Å². The Hall–Kier alpha value is -3.07. The van der Waals surface area contributed by atoms with E-state index < -0.39 is 0 Å². The smallest absolute Gasteiger partial charge is 0.262 e. The summed E-state index contributed by atoms with van der Waals surface area (Å²) in [5.74, 6) is -0.0857. The van der Waals surface area contributed by atoms with E-state index in [0.29, 0.717) is 11.3 Å². The number of nitrogens with zero attached hydrogens (tertiary/aromatic N) is 1. The normalized spacial score (nSPS) is 10.2. The van der Waals surface area contributed by atoms with Gasteiger partial charge in [0.1, 0.15) is 0 Å². The Kier molecular flexibility index (Phi) is 3.88. The van der Waals surface area contributed by atoms with E-state index >= 15 is 0 Å². The van der Waals surface area contributed by atoms with E-state index in [2.05, 4.69) is 0 Å². The molecule has 0 saturated carbocycles. The van der Waals surface area contributed by atoms with E-state index in [-0.39, 0.29) is 5.91 Å². The van der Waals surface area contributed by atoms with Crippen molar-refractivity contribution >= 4 is 23.0 Å². The van der Waals surface area contributed by atoms with Crippen LogP contribution < -0.4 is 10.6 Å². The van der Waals surface area contributed by atoms with Gasteiger partial charge in [-0.05, 0) is 48.5 Å². The van der Waals surface area contributed by atoms with Gasteiger partial charge < -0.3 is 5.73 Å². The molecule has 0 aromatic heterocycles. The lowest BCUT2D eigenvalue weighted by Crippen LogP contribution is -2.25. The zero-order chi connectivity index (χ0) is 15.4. The lowest BCUT2D eigenvalue weighted by atomic mass is 10.1. The lowest BCUT2D eigenvalue weighted by Gasteiger charge is -2.23. The minimum Gasteiger partial charge on any atom is -0.399 e. The van der Waals surface area contributed by atoms with Crippen LogP contribution in [0.25, 0.3) is 0 Å². The number of hydrogen-bond acceptors (Lipinski definition) is 2. The maximum atomic E-state index is 12.9. The Bertz CT molecular complexity index is 713. The van der Waals surface area contributed by atoms with Crippen molar-refractivity contribution in [3.63, 3.8) is 0 Å². The molecule has 0 spiro atoms. The van der Waals surface area contributed by atoms with Gasteiger partial charge in [0.05, 0.1) is 0 Å². The highest BCUT2D eigenvalue weighted by atomic mass is 16.2. The van der Waals surface area contributed by atoms with Crippen molar-refractivity contribution in [1.82, 2.24) is 0 Å². The highest BCUT2D eigenvalue weighted by Gasteiger charge is 2.19. The number of anilines is 3. The number of amides is 1. The molecule has 0 saturated heterocycles. The van der Waals surface area contributed by atoms with Crippen LogP contribution in [-0.4, -0.2) is 5.91 Å². The quantitative estimate of drug-likeness (QED) is 0.732. The molecule has 3 aromatic rings. The number of nitrogen functional groups attached to an aromatic ring is 1. The minimum atomic E-state index is -0.0857. The third-order valence-corrected chi connectivity index (χ3v) is 3.39. The number of carbonyl (C=O) groups is 1. The summed E-state index contributed by atoms with van der Waals surface area (Å²) in [5, 5.41) is 0. The molecule has 3 aromatic carbocycles. The molecule has 0 radical (unpaired) electrons. The fraction of sp³-hybridized carbons (Fsp3) is 0. The first-order valence-electron chi connectivity index (χ1n) is 7.06. The first-order valence-corrected chi connectivity index (χ1v) is 7.06. The Morgan fingerprint density at radius 1 is 0.682 bits per heavy atom. The lowest BCUT2D eigenvalue weighted by molar-refractivity contribution is 0.0999. The third kappa shape index (κ3) is 2.83. The summed E-state index contributed by atoms with van der Waals surface area (Å²) in [5.41, 5.74) is 8.60. The molecule has 0 unspecified atom stereocenters. The molecule has 0 atom stereocenters. The summed E-state index contributed by atoms with van der Waals surface area (Å²) in [6, 6.07) is 26.2. The second-order valence-corrected chi connectivity index (χ2v) is 4.93. The van der Waals surface area contributed by atoms with Gasteiger partial charge >= 0.3 is 0 Å². The first-order chi connectivity index (χ1) is 10.8. The highest BCUT2D eigenvalue weighted by Crippen LogP contribution is 2.27. The summed E-state index contributed by atoms with van der Waals surface area (Å²) in [7, 11) is 0. The van der Waals surface area contributed by atoms with Gasteiger partial charge in [-0.15, -0.1) is 0 Å². The van der Waals surface area contributed by atoms with Crippen LogP contribution >= 0.6 is 0 Å². The molecule has 0 fully saturated rings. The van der Waals surface area contributed by atoms with Crippen LogP contribution in [0.15, 0.2) is 84.9 Å². The Labute approximate surface area is 129 Å². The van der Waals surface area contributed by atoms with E-state index in [1.807, 2.05) is 60.7 Å². The van der Waals surface area contributed by atoms with E-state index in [4.69, 9.17) is 5.73 Å². The van der Waals surface area contributed by atoms with Crippen molar-refractivity contribution in [3.8, 4) is 0 Å². The van der Waals surface area contributed by atoms with Crippen molar-refractivity contribution in [3.05, 3.63) is 90.5 Å². The van der Waals surface area contributed by atoms with E-state index in [1.54, 1.807) is 29.2 Å². The molecule has 0 bridgehead atoms. The van der Waals surface area contributed by atoms with Gasteiger partial charge in [0.25, 0.3) is 5.91 Å². The second kappa shape index (κ2) is 6.14. The molecule has 1 amide bonds. The van der Waals surface area contributed by atoms with Crippen molar-refractivity contribution in [2.75, 3.05) is 10.6 Å². The van der Waals surface area contributed by atoms with Gasteiger partial charge in [-0.2, -0.15) is 0 Å². The van der Waals surface area contributed by atoms with Crippen LogP contribution in [0.5, 0.6) is 0 Å². The summed E-state index contributed by atoms with van der Waals surface area (Å²) >= 11 is 0. The van der Waals surface area contributed by atoms with Gasteiger partial charge in [0.2, 0.25) is 0 Å². The summed E-state index contributed by atoms with van der Waals surface area (Å²) in [6.45, 7) is 0. The molecule has 22 heavy (non-hydrogen) atoms. The number of hydrogen-bond donors (Lipinski definition) is 1. The van der Waals surface area contributed by atoms with Gasteiger partial charge in [-0.25, -0.2) is 0 Å². The highest BCUT2D eigenvalue weighted by molar-refractivity contribution is 6.10. The monoisotopic (exact) mass is 288 g/mol. The summed E-state index contributed by atoms with van der Waals surface area (Å²) in [6.07, 6.45) is 0. The van der Waals surface area contributed by atoms with Gasteiger partial charge in [-0.3, -0.25) is 9.69 Å². The van der Waals surface area contributed by atoms with Gasteiger partial charge in [0.15, 0.2) is 0 Å². The molecule has 108 valence electrons. The van der Waals surface area contributed by atoms with E-state index in [0.717, 1.165) is 11.4 Å². The number of benzene rings is 3. The number of nitrogens with two attached hydrogens (primary N) is 1.